The first kappa shape index (κ1) is 11.7. The van der Waals surface area contributed by atoms with E-state index in [0.717, 1.165) is 6.54 Å². The van der Waals surface area contributed by atoms with Crippen LogP contribution in [0.25, 0.3) is 0 Å². The molecule has 1 saturated carbocycles. The molecule has 16 heavy (non-hydrogen) atoms. The molecule has 1 nitrogen and oxygen atoms in total. The van der Waals surface area contributed by atoms with Gasteiger partial charge in [-0.15, -0.1) is 0 Å². The predicted octanol–water partition coefficient (Wildman–Crippen LogP) is 3.92. The van der Waals surface area contributed by atoms with E-state index < -0.39 is 0 Å². The average molecular weight is 217 g/mol. The number of hydrogen-bond donors (Lipinski definition) is 1. The van der Waals surface area contributed by atoms with Crippen LogP contribution in [-0.2, 0) is 0 Å². The summed E-state index contributed by atoms with van der Waals surface area (Å²) >= 11 is 0. The maximum Gasteiger partial charge on any atom is 0.0292 e. The molecule has 0 aromatic heterocycles. The maximum atomic E-state index is 3.68. The van der Waals surface area contributed by atoms with Gasteiger partial charge < -0.3 is 5.32 Å². The average Bonchev–Trinajstić information content (AvgIpc) is 2.75. The van der Waals surface area contributed by atoms with Crippen LogP contribution in [-0.4, -0.2) is 6.54 Å². The van der Waals surface area contributed by atoms with Crippen molar-refractivity contribution in [2.75, 3.05) is 6.54 Å². The molecule has 0 radical (unpaired) electrons. The summed E-state index contributed by atoms with van der Waals surface area (Å²) in [7, 11) is 0. The molecule has 2 rings (SSSR count). The zero-order chi connectivity index (χ0) is 11.4. The molecule has 1 heteroatoms. The van der Waals surface area contributed by atoms with Crippen molar-refractivity contribution >= 4 is 0 Å². The van der Waals surface area contributed by atoms with Crippen LogP contribution in [0.5, 0.6) is 0 Å². The van der Waals surface area contributed by atoms with Gasteiger partial charge in [-0.05, 0) is 30.7 Å². The molecule has 88 valence electrons. The third-order valence-corrected chi connectivity index (χ3v) is 3.95. The molecular formula is C15H23N. The highest BCUT2D eigenvalue weighted by Crippen LogP contribution is 2.37. The largest absolute Gasteiger partial charge is 0.310 e. The number of hydrogen-bond acceptors (Lipinski definition) is 1. The molecule has 1 fully saturated rings. The summed E-state index contributed by atoms with van der Waals surface area (Å²) in [6.07, 6.45) is 5.61. The Labute approximate surface area is 99.3 Å². The lowest BCUT2D eigenvalue weighted by molar-refractivity contribution is 0.302. The van der Waals surface area contributed by atoms with E-state index in [9.17, 15) is 0 Å². The van der Waals surface area contributed by atoms with Crippen LogP contribution in [0.15, 0.2) is 30.3 Å². The Bertz CT molecular complexity index is 311. The quantitative estimate of drug-likeness (QED) is 0.806. The third kappa shape index (κ3) is 2.85. The Morgan fingerprint density at radius 1 is 1.19 bits per heavy atom. The normalized spacial score (nSPS) is 20.9. The van der Waals surface area contributed by atoms with Gasteiger partial charge in [0.15, 0.2) is 0 Å². The number of nitrogens with one attached hydrogen (secondary N) is 1. The van der Waals surface area contributed by atoms with E-state index in [4.69, 9.17) is 0 Å². The van der Waals surface area contributed by atoms with Gasteiger partial charge in [0.05, 0.1) is 0 Å². The summed E-state index contributed by atoms with van der Waals surface area (Å²) in [5, 5.41) is 3.68. The molecule has 0 heterocycles. The molecule has 1 unspecified atom stereocenters. The molecular weight excluding hydrogens is 194 g/mol. The lowest BCUT2D eigenvalue weighted by atomic mass is 9.88. The molecule has 1 N–H and O–H groups in total. The molecule has 0 spiro atoms. The van der Waals surface area contributed by atoms with Crippen molar-refractivity contribution in [3.63, 3.8) is 0 Å². The van der Waals surface area contributed by atoms with E-state index in [1.807, 2.05) is 0 Å². The Morgan fingerprint density at radius 3 is 2.44 bits per heavy atom. The maximum absolute atomic E-state index is 3.68. The van der Waals surface area contributed by atoms with Crippen molar-refractivity contribution in [3.8, 4) is 0 Å². The van der Waals surface area contributed by atoms with E-state index in [0.29, 0.717) is 11.5 Å². The Hall–Kier alpha value is -0.820. The van der Waals surface area contributed by atoms with Crippen molar-refractivity contribution in [3.05, 3.63) is 35.9 Å². The van der Waals surface area contributed by atoms with Gasteiger partial charge >= 0.3 is 0 Å². The fourth-order valence-electron chi connectivity index (χ4n) is 2.66. The van der Waals surface area contributed by atoms with E-state index >= 15 is 0 Å². The summed E-state index contributed by atoms with van der Waals surface area (Å²) in [6, 6.07) is 11.2. The minimum atomic E-state index is 0.471. The first-order valence-corrected chi connectivity index (χ1v) is 6.48. The molecule has 1 atom stereocenters. The predicted molar refractivity (Wildman–Crippen MR) is 69.4 cm³/mol. The van der Waals surface area contributed by atoms with Crippen molar-refractivity contribution in [2.24, 2.45) is 5.41 Å². The summed E-state index contributed by atoms with van der Waals surface area (Å²) in [5.74, 6) is 0. The van der Waals surface area contributed by atoms with Gasteiger partial charge in [0.25, 0.3) is 0 Å². The second-order valence-electron chi connectivity index (χ2n) is 5.53. The minimum Gasteiger partial charge on any atom is -0.310 e. The lowest BCUT2D eigenvalue weighted by Gasteiger charge is -2.26. The van der Waals surface area contributed by atoms with Gasteiger partial charge in [0.2, 0.25) is 0 Å². The van der Waals surface area contributed by atoms with Gasteiger partial charge in [-0.2, -0.15) is 0 Å². The van der Waals surface area contributed by atoms with Crippen molar-refractivity contribution in [1.29, 1.82) is 0 Å². The fraction of sp³-hybridized carbons (Fsp3) is 0.600. The van der Waals surface area contributed by atoms with Gasteiger partial charge in [0, 0.05) is 12.6 Å². The zero-order valence-electron chi connectivity index (χ0n) is 10.5. The fourth-order valence-corrected chi connectivity index (χ4v) is 2.66. The van der Waals surface area contributed by atoms with Crippen molar-refractivity contribution in [1.82, 2.24) is 5.32 Å². The van der Waals surface area contributed by atoms with E-state index in [1.54, 1.807) is 0 Å². The highest BCUT2D eigenvalue weighted by molar-refractivity contribution is 5.18. The minimum absolute atomic E-state index is 0.471. The molecule has 0 aliphatic heterocycles. The van der Waals surface area contributed by atoms with Crippen molar-refractivity contribution in [2.45, 2.75) is 45.6 Å². The molecule has 1 aromatic rings. The van der Waals surface area contributed by atoms with Gasteiger partial charge in [0.1, 0.15) is 0 Å². The topological polar surface area (TPSA) is 12.0 Å². The van der Waals surface area contributed by atoms with Crippen LogP contribution < -0.4 is 5.32 Å². The summed E-state index contributed by atoms with van der Waals surface area (Å²) < 4.78 is 0. The molecule has 0 bridgehead atoms. The van der Waals surface area contributed by atoms with E-state index in [-0.39, 0.29) is 0 Å². The van der Waals surface area contributed by atoms with Gasteiger partial charge in [-0.25, -0.2) is 0 Å². The summed E-state index contributed by atoms with van der Waals surface area (Å²) in [4.78, 5) is 0. The van der Waals surface area contributed by atoms with Gasteiger partial charge in [-0.3, -0.25) is 0 Å². The van der Waals surface area contributed by atoms with Crippen LogP contribution in [0.3, 0.4) is 0 Å². The van der Waals surface area contributed by atoms with Crippen LogP contribution in [0.1, 0.15) is 51.1 Å². The SMILES string of the molecule is CC(NCC1(C)CCCC1)c1ccccc1. The van der Waals surface area contributed by atoms with Crippen LogP contribution in [0.4, 0.5) is 0 Å². The van der Waals surface area contributed by atoms with Gasteiger partial charge in [-0.1, -0.05) is 50.1 Å². The van der Waals surface area contributed by atoms with Crippen LogP contribution in [0, 0.1) is 5.41 Å². The Balaban J connectivity index is 1.86. The number of rotatable bonds is 4. The highest BCUT2D eigenvalue weighted by atomic mass is 14.9. The highest BCUT2D eigenvalue weighted by Gasteiger charge is 2.28. The molecule has 0 saturated heterocycles. The molecule has 0 amide bonds. The lowest BCUT2D eigenvalue weighted by Crippen LogP contribution is -2.31. The third-order valence-electron chi connectivity index (χ3n) is 3.95. The van der Waals surface area contributed by atoms with Crippen molar-refractivity contribution < 1.29 is 0 Å². The first-order chi connectivity index (χ1) is 7.70. The molecule has 1 aliphatic rings. The number of benzene rings is 1. The summed E-state index contributed by atoms with van der Waals surface area (Å²) in [6.45, 7) is 5.83. The monoisotopic (exact) mass is 217 g/mol. The zero-order valence-corrected chi connectivity index (χ0v) is 10.5. The first-order valence-electron chi connectivity index (χ1n) is 6.48. The smallest absolute Gasteiger partial charge is 0.0292 e. The molecule has 1 aromatic carbocycles. The van der Waals surface area contributed by atoms with Crippen LogP contribution >= 0.6 is 0 Å². The molecule has 1 aliphatic carbocycles. The second kappa shape index (κ2) is 5.01. The Kier molecular flexibility index (Phi) is 3.65. The Morgan fingerprint density at radius 2 is 1.81 bits per heavy atom. The van der Waals surface area contributed by atoms with E-state index in [1.165, 1.54) is 31.2 Å². The van der Waals surface area contributed by atoms with E-state index in [2.05, 4.69) is 49.5 Å². The second-order valence-corrected chi connectivity index (χ2v) is 5.53. The van der Waals surface area contributed by atoms with Crippen LogP contribution in [0.2, 0.25) is 0 Å². The summed E-state index contributed by atoms with van der Waals surface area (Å²) in [5.41, 5.74) is 1.94. The standard InChI is InChI=1S/C15H23N/c1-13(14-8-4-3-5-9-14)16-12-15(2)10-6-7-11-15/h3-5,8-9,13,16H,6-7,10-12H2,1-2H3.